The van der Waals surface area contributed by atoms with E-state index in [-0.39, 0.29) is 6.61 Å². The Morgan fingerprint density at radius 1 is 1.20 bits per heavy atom. The molecule has 0 bridgehead atoms. The highest BCUT2D eigenvalue weighted by Crippen LogP contribution is 2.35. The fourth-order valence-corrected chi connectivity index (χ4v) is 3.42. The van der Waals surface area contributed by atoms with Crippen molar-refractivity contribution in [2.45, 2.75) is 19.6 Å². The number of carbonyl (C=O) groups is 1. The summed E-state index contributed by atoms with van der Waals surface area (Å²) in [5.74, 6) is 0.729. The minimum atomic E-state index is -0.479. The Kier molecular flexibility index (Phi) is 7.08. The van der Waals surface area contributed by atoms with Gasteiger partial charge in [0.15, 0.2) is 16.6 Å². The van der Waals surface area contributed by atoms with E-state index in [0.717, 1.165) is 11.1 Å². The summed E-state index contributed by atoms with van der Waals surface area (Å²) >= 11 is 5.29. The number of nitrogens with one attached hydrogen (secondary N) is 2. The molecule has 0 spiro atoms. The molecule has 3 rings (SSSR count). The maximum absolute atomic E-state index is 12.6. The first-order valence-corrected chi connectivity index (χ1v) is 9.85. The van der Waals surface area contributed by atoms with Gasteiger partial charge < -0.3 is 24.8 Å². The lowest BCUT2D eigenvalue weighted by atomic mass is 9.95. The van der Waals surface area contributed by atoms with Crippen LogP contribution >= 0.6 is 12.2 Å². The first-order chi connectivity index (χ1) is 14.5. The van der Waals surface area contributed by atoms with Crippen molar-refractivity contribution >= 4 is 23.3 Å². The van der Waals surface area contributed by atoms with Gasteiger partial charge in [-0.05, 0) is 42.4 Å². The van der Waals surface area contributed by atoms with E-state index in [9.17, 15) is 4.79 Å². The van der Waals surface area contributed by atoms with Crippen molar-refractivity contribution in [1.29, 1.82) is 0 Å². The Bertz CT molecular complexity index is 972. The largest absolute Gasteiger partial charge is 0.493 e. The molecule has 1 atom stereocenters. The van der Waals surface area contributed by atoms with Crippen LogP contribution in [0.25, 0.3) is 0 Å². The average Bonchev–Trinajstić information content (AvgIpc) is 2.76. The highest BCUT2D eigenvalue weighted by atomic mass is 32.1. The third kappa shape index (κ3) is 4.99. The van der Waals surface area contributed by atoms with Gasteiger partial charge >= 0.3 is 5.97 Å². The number of hydrogen-bond acceptors (Lipinski definition) is 5. The predicted molar refractivity (Wildman–Crippen MR) is 119 cm³/mol. The second-order valence-corrected chi connectivity index (χ2v) is 7.05. The Morgan fingerprint density at radius 2 is 1.97 bits per heavy atom. The summed E-state index contributed by atoms with van der Waals surface area (Å²) in [5.41, 5.74) is 2.94. The number of hydrogen-bond donors (Lipinski definition) is 2. The molecule has 7 heteroatoms. The van der Waals surface area contributed by atoms with Gasteiger partial charge in [-0.1, -0.05) is 49.1 Å². The smallest absolute Gasteiger partial charge is 0.338 e. The van der Waals surface area contributed by atoms with Crippen LogP contribution in [0.2, 0.25) is 0 Å². The molecule has 2 aromatic carbocycles. The second kappa shape index (κ2) is 9.93. The van der Waals surface area contributed by atoms with Gasteiger partial charge in [0.1, 0.15) is 13.2 Å². The van der Waals surface area contributed by atoms with Crippen LogP contribution in [0.3, 0.4) is 0 Å². The molecule has 2 aromatic rings. The fraction of sp³-hybridized carbons (Fsp3) is 0.217. The molecular formula is C23H24N2O4S. The van der Waals surface area contributed by atoms with Crippen molar-refractivity contribution < 1.29 is 19.0 Å². The first kappa shape index (κ1) is 21.4. The molecule has 156 valence electrons. The zero-order valence-corrected chi connectivity index (χ0v) is 17.8. The Hall–Kier alpha value is -3.32. The molecular weight excluding hydrogens is 400 g/mol. The molecule has 0 saturated heterocycles. The topological polar surface area (TPSA) is 68.8 Å². The molecule has 0 saturated carbocycles. The van der Waals surface area contributed by atoms with Crippen LogP contribution in [0.1, 0.15) is 24.1 Å². The van der Waals surface area contributed by atoms with Crippen LogP contribution in [-0.2, 0) is 16.1 Å². The van der Waals surface area contributed by atoms with Gasteiger partial charge in [0.2, 0.25) is 0 Å². The first-order valence-electron chi connectivity index (χ1n) is 9.44. The number of rotatable bonds is 8. The third-order valence-corrected chi connectivity index (χ3v) is 4.80. The maximum Gasteiger partial charge on any atom is 0.338 e. The standard InChI is InChI=1S/C23H24N2O4S/c1-4-12-28-22(26)20-15(2)24-23(30)25-21(20)17-10-11-18(19(13-17)27-3)29-14-16-8-6-5-7-9-16/h4-11,13,21H,1,12,14H2,2-3H3,(H2,24,25,30)/t21-/m1/s1. The summed E-state index contributed by atoms with van der Waals surface area (Å²) in [4.78, 5) is 12.6. The van der Waals surface area contributed by atoms with E-state index in [1.807, 2.05) is 48.5 Å². The Morgan fingerprint density at radius 3 is 2.67 bits per heavy atom. The fourth-order valence-electron chi connectivity index (χ4n) is 3.15. The minimum Gasteiger partial charge on any atom is -0.493 e. The highest BCUT2D eigenvalue weighted by Gasteiger charge is 2.31. The van der Waals surface area contributed by atoms with E-state index >= 15 is 0 Å². The number of ether oxygens (including phenoxy) is 3. The van der Waals surface area contributed by atoms with Crippen LogP contribution in [-0.4, -0.2) is 24.8 Å². The summed E-state index contributed by atoms with van der Waals surface area (Å²) in [6.45, 7) is 5.92. The van der Waals surface area contributed by atoms with Crippen LogP contribution in [0.4, 0.5) is 0 Å². The van der Waals surface area contributed by atoms with Gasteiger partial charge in [0.25, 0.3) is 0 Å². The van der Waals surface area contributed by atoms with E-state index < -0.39 is 12.0 Å². The number of allylic oxidation sites excluding steroid dienone is 1. The van der Waals surface area contributed by atoms with Gasteiger partial charge in [-0.2, -0.15) is 0 Å². The predicted octanol–water partition coefficient (Wildman–Crippen LogP) is 3.80. The van der Waals surface area contributed by atoms with E-state index in [1.165, 1.54) is 6.08 Å². The zero-order valence-electron chi connectivity index (χ0n) is 16.9. The van der Waals surface area contributed by atoms with Crippen LogP contribution in [0, 0.1) is 0 Å². The van der Waals surface area contributed by atoms with Crippen molar-refractivity contribution in [3.63, 3.8) is 0 Å². The number of carbonyl (C=O) groups excluding carboxylic acids is 1. The molecule has 0 radical (unpaired) electrons. The molecule has 1 aliphatic rings. The molecule has 6 nitrogen and oxygen atoms in total. The number of methoxy groups -OCH3 is 1. The van der Waals surface area contributed by atoms with Crippen LogP contribution in [0.15, 0.2) is 72.5 Å². The zero-order chi connectivity index (χ0) is 21.5. The van der Waals surface area contributed by atoms with Gasteiger partial charge in [0.05, 0.1) is 18.7 Å². The molecule has 0 aliphatic carbocycles. The molecule has 0 fully saturated rings. The molecule has 1 heterocycles. The lowest BCUT2D eigenvalue weighted by molar-refractivity contribution is -0.138. The van der Waals surface area contributed by atoms with Crippen molar-refractivity contribution in [1.82, 2.24) is 10.6 Å². The van der Waals surface area contributed by atoms with E-state index in [1.54, 1.807) is 14.0 Å². The monoisotopic (exact) mass is 424 g/mol. The summed E-state index contributed by atoms with van der Waals surface area (Å²) in [5, 5.41) is 6.55. The molecule has 30 heavy (non-hydrogen) atoms. The van der Waals surface area contributed by atoms with Crippen molar-refractivity contribution in [2.75, 3.05) is 13.7 Å². The van der Waals surface area contributed by atoms with Crippen molar-refractivity contribution in [3.8, 4) is 11.5 Å². The quantitative estimate of drug-likeness (QED) is 0.380. The van der Waals surface area contributed by atoms with E-state index in [4.69, 9.17) is 26.4 Å². The number of esters is 1. The number of benzene rings is 2. The van der Waals surface area contributed by atoms with Gasteiger partial charge in [-0.15, -0.1) is 0 Å². The Balaban J connectivity index is 1.87. The van der Waals surface area contributed by atoms with Gasteiger partial charge in [-0.25, -0.2) is 4.79 Å². The molecule has 0 amide bonds. The van der Waals surface area contributed by atoms with E-state index in [2.05, 4.69) is 17.2 Å². The summed E-state index contributed by atoms with van der Waals surface area (Å²) < 4.78 is 16.7. The summed E-state index contributed by atoms with van der Waals surface area (Å²) in [6, 6.07) is 14.9. The highest BCUT2D eigenvalue weighted by molar-refractivity contribution is 7.80. The van der Waals surface area contributed by atoms with Crippen molar-refractivity contribution in [2.24, 2.45) is 0 Å². The lowest BCUT2D eigenvalue weighted by Gasteiger charge is -2.30. The number of thiocarbonyl (C=S) groups is 1. The minimum absolute atomic E-state index is 0.127. The molecule has 0 unspecified atom stereocenters. The van der Waals surface area contributed by atoms with Crippen LogP contribution in [0.5, 0.6) is 11.5 Å². The SMILES string of the molecule is C=CCOC(=O)C1=C(C)NC(=S)N[C@@H]1c1ccc(OCc2ccccc2)c(OC)c1. The third-order valence-electron chi connectivity index (χ3n) is 4.58. The van der Waals surface area contributed by atoms with Gasteiger partial charge in [0, 0.05) is 5.70 Å². The maximum atomic E-state index is 12.6. The van der Waals surface area contributed by atoms with E-state index in [0.29, 0.717) is 34.5 Å². The van der Waals surface area contributed by atoms with Crippen LogP contribution < -0.4 is 20.1 Å². The normalized spacial score (nSPS) is 15.7. The summed E-state index contributed by atoms with van der Waals surface area (Å²) in [6.07, 6.45) is 1.53. The average molecular weight is 425 g/mol. The Labute approximate surface area is 181 Å². The summed E-state index contributed by atoms with van der Waals surface area (Å²) in [7, 11) is 1.58. The molecule has 0 aromatic heterocycles. The van der Waals surface area contributed by atoms with Crippen molar-refractivity contribution in [3.05, 3.63) is 83.6 Å². The lowest BCUT2D eigenvalue weighted by Crippen LogP contribution is -2.45. The molecule has 2 N–H and O–H groups in total. The molecule has 1 aliphatic heterocycles. The van der Waals surface area contributed by atoms with Gasteiger partial charge in [-0.3, -0.25) is 0 Å². The second-order valence-electron chi connectivity index (χ2n) is 6.64.